The van der Waals surface area contributed by atoms with Gasteiger partial charge >= 0.3 is 6.18 Å². The van der Waals surface area contributed by atoms with Crippen LogP contribution in [0.5, 0.6) is 0 Å². The standard InChI is InChI=1S/C12H10F3N3O/c13-12(14,15)11(5-6-11)16-10(19)9-7-3-1-2-4-8(7)17-18-9/h1-4H,5-6H2,(H,16,19)(H,17,18). The summed E-state index contributed by atoms with van der Waals surface area (Å²) < 4.78 is 38.3. The van der Waals surface area contributed by atoms with Crippen LogP contribution in [0.1, 0.15) is 23.3 Å². The lowest BCUT2D eigenvalue weighted by molar-refractivity contribution is -0.163. The third-order valence-corrected chi connectivity index (χ3v) is 3.33. The van der Waals surface area contributed by atoms with Gasteiger partial charge in [-0.25, -0.2) is 0 Å². The van der Waals surface area contributed by atoms with Gasteiger partial charge in [0, 0.05) is 5.39 Å². The number of H-pyrrole nitrogens is 1. The molecule has 2 aromatic rings. The Kier molecular flexibility index (Phi) is 2.35. The minimum Gasteiger partial charge on any atom is -0.336 e. The number of nitrogens with zero attached hydrogens (tertiary/aromatic N) is 1. The fourth-order valence-electron chi connectivity index (χ4n) is 2.02. The molecule has 1 aliphatic rings. The number of amides is 1. The van der Waals surface area contributed by atoms with Crippen LogP contribution in [0.25, 0.3) is 10.9 Å². The molecule has 0 spiro atoms. The normalized spacial score (nSPS) is 17.4. The smallest absolute Gasteiger partial charge is 0.336 e. The van der Waals surface area contributed by atoms with Gasteiger partial charge in [-0.3, -0.25) is 9.89 Å². The minimum absolute atomic E-state index is 0.00822. The predicted molar refractivity (Wildman–Crippen MR) is 61.6 cm³/mol. The number of hydrogen-bond acceptors (Lipinski definition) is 2. The van der Waals surface area contributed by atoms with Crippen LogP contribution in [0.4, 0.5) is 13.2 Å². The molecule has 1 amide bonds. The molecule has 0 unspecified atom stereocenters. The van der Waals surface area contributed by atoms with E-state index < -0.39 is 17.6 Å². The zero-order chi connectivity index (χ0) is 13.7. The Hall–Kier alpha value is -2.05. The molecule has 1 aromatic heterocycles. The number of benzene rings is 1. The zero-order valence-electron chi connectivity index (χ0n) is 9.71. The molecular formula is C12H10F3N3O. The summed E-state index contributed by atoms with van der Waals surface area (Å²) in [5.74, 6) is -0.799. The van der Waals surface area contributed by atoms with Crippen LogP contribution in [-0.2, 0) is 0 Å². The van der Waals surface area contributed by atoms with Gasteiger partial charge in [0.2, 0.25) is 0 Å². The summed E-state index contributed by atoms with van der Waals surface area (Å²) >= 11 is 0. The number of nitrogens with one attached hydrogen (secondary N) is 2. The summed E-state index contributed by atoms with van der Waals surface area (Å²) in [5.41, 5.74) is -1.46. The summed E-state index contributed by atoms with van der Waals surface area (Å²) in [6.45, 7) is 0. The van der Waals surface area contributed by atoms with E-state index in [0.29, 0.717) is 10.9 Å². The lowest BCUT2D eigenvalue weighted by Gasteiger charge is -2.20. The van der Waals surface area contributed by atoms with Crippen molar-refractivity contribution in [3.8, 4) is 0 Å². The van der Waals surface area contributed by atoms with Gasteiger partial charge in [-0.15, -0.1) is 0 Å². The topological polar surface area (TPSA) is 57.8 Å². The number of carbonyl (C=O) groups excluding carboxylic acids is 1. The summed E-state index contributed by atoms with van der Waals surface area (Å²) in [6.07, 6.45) is -4.58. The first-order valence-corrected chi connectivity index (χ1v) is 5.75. The molecule has 3 rings (SSSR count). The molecule has 7 heteroatoms. The maximum Gasteiger partial charge on any atom is 0.411 e. The van der Waals surface area contributed by atoms with Crippen molar-refractivity contribution in [2.45, 2.75) is 24.6 Å². The number of para-hydroxylation sites is 1. The highest BCUT2D eigenvalue weighted by Crippen LogP contribution is 2.49. The Balaban J connectivity index is 1.89. The Bertz CT molecular complexity index is 643. The highest BCUT2D eigenvalue weighted by molar-refractivity contribution is 6.05. The minimum atomic E-state index is -4.42. The van der Waals surface area contributed by atoms with Crippen LogP contribution < -0.4 is 5.32 Å². The van der Waals surface area contributed by atoms with Crippen molar-refractivity contribution in [2.75, 3.05) is 0 Å². The van der Waals surface area contributed by atoms with Crippen molar-refractivity contribution in [3.05, 3.63) is 30.0 Å². The summed E-state index contributed by atoms with van der Waals surface area (Å²) in [5, 5.41) is 8.97. The molecule has 0 bridgehead atoms. The second-order valence-corrected chi connectivity index (χ2v) is 4.65. The van der Waals surface area contributed by atoms with Crippen LogP contribution in [0.15, 0.2) is 24.3 Å². The molecule has 4 nitrogen and oxygen atoms in total. The van der Waals surface area contributed by atoms with Crippen LogP contribution >= 0.6 is 0 Å². The molecule has 19 heavy (non-hydrogen) atoms. The van der Waals surface area contributed by atoms with E-state index in [2.05, 4.69) is 15.5 Å². The predicted octanol–water partition coefficient (Wildman–Crippen LogP) is 2.39. The molecule has 0 aliphatic heterocycles. The number of hydrogen-bond donors (Lipinski definition) is 2. The first-order chi connectivity index (χ1) is 8.93. The molecule has 100 valence electrons. The van der Waals surface area contributed by atoms with Crippen molar-refractivity contribution >= 4 is 16.8 Å². The van der Waals surface area contributed by atoms with E-state index in [1.807, 2.05) is 0 Å². The number of alkyl halides is 3. The SMILES string of the molecule is O=C(NC1(C(F)(F)F)CC1)c1n[nH]c2ccccc12. The summed E-state index contributed by atoms with van der Waals surface area (Å²) in [6, 6.07) is 6.79. The quantitative estimate of drug-likeness (QED) is 0.879. The fourth-order valence-corrected chi connectivity index (χ4v) is 2.02. The van der Waals surface area contributed by atoms with Crippen LogP contribution in [0, 0.1) is 0 Å². The molecule has 1 fully saturated rings. The van der Waals surface area contributed by atoms with E-state index in [0.717, 1.165) is 0 Å². The molecule has 1 heterocycles. The maximum absolute atomic E-state index is 12.8. The van der Waals surface area contributed by atoms with Crippen molar-refractivity contribution in [1.29, 1.82) is 0 Å². The van der Waals surface area contributed by atoms with Gasteiger partial charge in [-0.1, -0.05) is 18.2 Å². The molecule has 0 radical (unpaired) electrons. The van der Waals surface area contributed by atoms with Gasteiger partial charge in [-0.05, 0) is 18.9 Å². The summed E-state index contributed by atoms with van der Waals surface area (Å²) in [7, 11) is 0. The Morgan fingerprint density at radius 2 is 2.00 bits per heavy atom. The second-order valence-electron chi connectivity index (χ2n) is 4.65. The van der Waals surface area contributed by atoms with Crippen LogP contribution in [-0.4, -0.2) is 27.8 Å². The highest BCUT2D eigenvalue weighted by atomic mass is 19.4. The molecule has 1 aromatic carbocycles. The summed E-state index contributed by atoms with van der Waals surface area (Å²) in [4.78, 5) is 11.9. The van der Waals surface area contributed by atoms with Crippen molar-refractivity contribution in [2.24, 2.45) is 0 Å². The number of aromatic nitrogens is 2. The largest absolute Gasteiger partial charge is 0.411 e. The van der Waals surface area contributed by atoms with Crippen molar-refractivity contribution in [1.82, 2.24) is 15.5 Å². The highest BCUT2D eigenvalue weighted by Gasteiger charge is 2.64. The van der Waals surface area contributed by atoms with Gasteiger partial charge in [0.1, 0.15) is 5.54 Å². The number of carbonyl (C=O) groups is 1. The number of aromatic amines is 1. The lowest BCUT2D eigenvalue weighted by atomic mass is 10.2. The van der Waals surface area contributed by atoms with Crippen molar-refractivity contribution < 1.29 is 18.0 Å². The van der Waals surface area contributed by atoms with Crippen molar-refractivity contribution in [3.63, 3.8) is 0 Å². The zero-order valence-corrected chi connectivity index (χ0v) is 9.71. The van der Waals surface area contributed by atoms with Gasteiger partial charge < -0.3 is 5.32 Å². The lowest BCUT2D eigenvalue weighted by Crippen LogP contribution is -2.48. The second kappa shape index (κ2) is 3.72. The average molecular weight is 269 g/mol. The Morgan fingerprint density at radius 1 is 1.32 bits per heavy atom. The van der Waals surface area contributed by atoms with E-state index >= 15 is 0 Å². The van der Waals surface area contributed by atoms with E-state index in [1.54, 1.807) is 24.3 Å². The molecule has 2 N–H and O–H groups in total. The first kappa shape index (κ1) is 12.0. The number of rotatable bonds is 2. The molecule has 0 saturated heterocycles. The number of halogens is 3. The van der Waals surface area contributed by atoms with E-state index in [1.165, 1.54) is 0 Å². The van der Waals surface area contributed by atoms with Crippen LogP contribution in [0.3, 0.4) is 0 Å². The van der Waals surface area contributed by atoms with Gasteiger partial charge in [0.05, 0.1) is 5.52 Å². The van der Waals surface area contributed by atoms with Gasteiger partial charge in [-0.2, -0.15) is 18.3 Å². The van der Waals surface area contributed by atoms with Crippen LogP contribution in [0.2, 0.25) is 0 Å². The first-order valence-electron chi connectivity index (χ1n) is 5.75. The molecule has 1 aliphatic carbocycles. The molecular weight excluding hydrogens is 259 g/mol. The monoisotopic (exact) mass is 269 g/mol. The van der Waals surface area contributed by atoms with Gasteiger partial charge in [0.25, 0.3) is 5.91 Å². The Morgan fingerprint density at radius 3 is 2.63 bits per heavy atom. The van der Waals surface area contributed by atoms with Gasteiger partial charge in [0.15, 0.2) is 5.69 Å². The fraction of sp³-hybridized carbons (Fsp3) is 0.333. The van der Waals surface area contributed by atoms with E-state index in [-0.39, 0.29) is 18.5 Å². The Labute approximate surface area is 106 Å². The molecule has 0 atom stereocenters. The number of fused-ring (bicyclic) bond motifs is 1. The molecule has 1 saturated carbocycles. The maximum atomic E-state index is 12.8. The third kappa shape index (κ3) is 1.85. The van der Waals surface area contributed by atoms with E-state index in [4.69, 9.17) is 0 Å². The third-order valence-electron chi connectivity index (χ3n) is 3.33. The van der Waals surface area contributed by atoms with E-state index in [9.17, 15) is 18.0 Å². The average Bonchev–Trinajstić information content (AvgIpc) is 3.01.